The van der Waals surface area contributed by atoms with Crippen LogP contribution in [0.1, 0.15) is 503 Å². The van der Waals surface area contributed by atoms with E-state index in [-0.39, 0.29) is 26.2 Å². The molecule has 0 fully saturated rings. The van der Waals surface area contributed by atoms with Crippen molar-refractivity contribution in [2.24, 2.45) is 0 Å². The Kier molecular flexibility index (Phi) is 76.5. The van der Waals surface area contributed by atoms with Crippen molar-refractivity contribution < 1.29 is 38.1 Å². The van der Waals surface area contributed by atoms with Crippen LogP contribution in [0.25, 0.3) is 0 Å². The van der Waals surface area contributed by atoms with E-state index < -0.39 is 42.3 Å². The summed E-state index contributed by atoms with van der Waals surface area (Å²) in [5.41, 5.74) is -2.14. The Bertz CT molecular complexity index is 1470. The summed E-state index contributed by atoms with van der Waals surface area (Å²) in [5.74, 6) is -2.73. The summed E-state index contributed by atoms with van der Waals surface area (Å²) in [6, 6.07) is 0. The van der Waals surface area contributed by atoms with E-state index in [4.69, 9.17) is 18.9 Å². The third-order valence-corrected chi connectivity index (χ3v) is 20.3. The quantitative estimate of drug-likeness (QED) is 0.0337. The fourth-order valence-electron chi connectivity index (χ4n) is 13.8. The zero-order chi connectivity index (χ0) is 68.1. The minimum atomic E-state index is -2.14. The molecule has 0 aliphatic heterocycles. The lowest BCUT2D eigenvalue weighted by atomic mass is 9.94. The third kappa shape index (κ3) is 69.8. The third-order valence-electron chi connectivity index (χ3n) is 20.3. The van der Waals surface area contributed by atoms with Crippen molar-refractivity contribution in [2.75, 3.05) is 19.8 Å². The fraction of sp³-hybridized carbons (Fsp3) is 0.953. The molecule has 0 amide bonds. The predicted octanol–water partition coefficient (Wildman–Crippen LogP) is 28.8. The van der Waals surface area contributed by atoms with Gasteiger partial charge in [0.15, 0.2) is 0 Å². The van der Waals surface area contributed by atoms with Crippen LogP contribution in [0.4, 0.5) is 0 Å². The average Bonchev–Trinajstić information content (AvgIpc) is 0.834. The first-order chi connectivity index (χ1) is 46.3. The van der Waals surface area contributed by atoms with Crippen LogP contribution >= 0.6 is 0 Å². The molecule has 0 N–H and O–H groups in total. The molecule has 0 saturated carbocycles. The molecule has 0 unspecified atom stereocenters. The van der Waals surface area contributed by atoms with Gasteiger partial charge in [0.05, 0.1) is 32.7 Å². The van der Waals surface area contributed by atoms with Gasteiger partial charge in [-0.25, -0.2) is 4.79 Å². The first-order valence-corrected chi connectivity index (χ1v) is 43.0. The van der Waals surface area contributed by atoms with Gasteiger partial charge in [0.25, 0.3) is 0 Å². The van der Waals surface area contributed by atoms with E-state index in [0.29, 0.717) is 12.8 Å². The number of esters is 4. The molecule has 0 rings (SSSR count). The lowest BCUT2D eigenvalue weighted by Gasteiger charge is -2.30. The normalized spacial score (nSPS) is 11.7. The zero-order valence-electron chi connectivity index (χ0n) is 64.2. The summed E-state index contributed by atoms with van der Waals surface area (Å²) in [6.07, 6.45) is 88.9. The highest BCUT2D eigenvalue weighted by atomic mass is 16.6. The van der Waals surface area contributed by atoms with Crippen LogP contribution in [0.2, 0.25) is 0 Å². The second-order valence-corrected chi connectivity index (χ2v) is 29.8. The Balaban J connectivity index is 5.41. The van der Waals surface area contributed by atoms with Crippen molar-refractivity contribution in [3.63, 3.8) is 0 Å². The predicted molar refractivity (Wildman–Crippen MR) is 406 cm³/mol. The van der Waals surface area contributed by atoms with Crippen molar-refractivity contribution in [1.29, 1.82) is 0 Å². The molecule has 0 aliphatic carbocycles. The van der Waals surface area contributed by atoms with Crippen molar-refractivity contribution in [3.05, 3.63) is 0 Å². The fourth-order valence-corrected chi connectivity index (χ4v) is 13.8. The molecule has 0 aromatic carbocycles. The van der Waals surface area contributed by atoms with Gasteiger partial charge < -0.3 is 18.9 Å². The standard InChI is InChI=1S/C86H166O8/c1-5-9-13-17-21-25-29-33-37-41-45-49-53-57-61-65-69-73-77-91-83(88)80-86(94-82(87)76-72-68-64-60-56-52-48-44-40-36-32-28-24-20-16-12-8-4,85(90)93-79-75-71-67-63-59-55-51-47-43-39-35-31-27-23-19-15-11-7-3)81-84(89)92-78-74-70-66-62-58-54-50-46-42-38-34-30-26-22-18-14-10-6-2/h5-81H2,1-4H3. The lowest BCUT2D eigenvalue weighted by molar-refractivity contribution is -0.191. The summed E-state index contributed by atoms with van der Waals surface area (Å²) in [6.45, 7) is 9.72. The Morgan fingerprint density at radius 1 is 0.191 bits per heavy atom. The first-order valence-electron chi connectivity index (χ1n) is 43.0. The van der Waals surface area contributed by atoms with Crippen LogP contribution in [0, 0.1) is 0 Å². The Hall–Kier alpha value is -2.12. The molecule has 8 nitrogen and oxygen atoms in total. The van der Waals surface area contributed by atoms with Gasteiger partial charge in [0, 0.05) is 6.42 Å². The number of hydrogen-bond donors (Lipinski definition) is 0. The number of rotatable bonds is 81. The van der Waals surface area contributed by atoms with E-state index in [2.05, 4.69) is 27.7 Å². The van der Waals surface area contributed by atoms with Crippen LogP contribution in [0.3, 0.4) is 0 Å². The summed E-state index contributed by atoms with van der Waals surface area (Å²) >= 11 is 0. The van der Waals surface area contributed by atoms with E-state index in [0.717, 1.165) is 77.0 Å². The van der Waals surface area contributed by atoms with Gasteiger partial charge >= 0.3 is 23.9 Å². The molecular formula is C86H166O8. The van der Waals surface area contributed by atoms with Crippen molar-refractivity contribution >= 4 is 23.9 Å². The molecule has 0 saturated heterocycles. The van der Waals surface area contributed by atoms with Crippen LogP contribution in [-0.2, 0) is 38.1 Å². The van der Waals surface area contributed by atoms with Crippen LogP contribution in [0.15, 0.2) is 0 Å². The second kappa shape index (κ2) is 78.2. The SMILES string of the molecule is CCCCCCCCCCCCCCCCCCCCOC(=O)CC(CC(=O)OCCCCCCCCCCCCCCCCCCCC)(OC(=O)CCCCCCCCCCCCCCCCCCC)C(=O)OCCCCCCCCCCCCCCCCCCCC. The molecule has 0 aromatic heterocycles. The van der Waals surface area contributed by atoms with Crippen molar-refractivity contribution in [3.8, 4) is 0 Å². The molecular weight excluding hydrogens is 1160 g/mol. The summed E-state index contributed by atoms with van der Waals surface area (Å²) in [7, 11) is 0. The largest absolute Gasteiger partial charge is 0.466 e. The Morgan fingerprint density at radius 2 is 0.351 bits per heavy atom. The van der Waals surface area contributed by atoms with Gasteiger partial charge in [0.1, 0.15) is 0 Å². The van der Waals surface area contributed by atoms with E-state index in [1.54, 1.807) is 0 Å². The minimum absolute atomic E-state index is 0.107. The summed E-state index contributed by atoms with van der Waals surface area (Å²) < 4.78 is 23.7. The van der Waals surface area contributed by atoms with Crippen LogP contribution in [-0.4, -0.2) is 49.3 Å². The summed E-state index contributed by atoms with van der Waals surface area (Å²) in [5, 5.41) is 0. The molecule has 0 aromatic rings. The maximum atomic E-state index is 14.5. The van der Waals surface area contributed by atoms with E-state index in [1.807, 2.05) is 0 Å². The van der Waals surface area contributed by atoms with Crippen molar-refractivity contribution in [2.45, 2.75) is 508 Å². The Labute approximate surface area is 587 Å². The number of hydrogen-bond acceptors (Lipinski definition) is 8. The smallest absolute Gasteiger partial charge is 0.351 e. The molecule has 0 spiro atoms. The van der Waals surface area contributed by atoms with Gasteiger partial charge in [-0.05, 0) is 25.7 Å². The number of carbonyl (C=O) groups is 4. The topological polar surface area (TPSA) is 105 Å². The first kappa shape index (κ1) is 91.9. The van der Waals surface area contributed by atoms with E-state index in [9.17, 15) is 19.2 Å². The van der Waals surface area contributed by atoms with Gasteiger partial charge in [-0.15, -0.1) is 0 Å². The van der Waals surface area contributed by atoms with Crippen molar-refractivity contribution in [1.82, 2.24) is 0 Å². The number of ether oxygens (including phenoxy) is 4. The van der Waals surface area contributed by atoms with Gasteiger partial charge in [-0.2, -0.15) is 0 Å². The molecule has 0 bridgehead atoms. The molecule has 0 heterocycles. The minimum Gasteiger partial charge on any atom is -0.466 e. The second-order valence-electron chi connectivity index (χ2n) is 29.8. The molecule has 94 heavy (non-hydrogen) atoms. The van der Waals surface area contributed by atoms with E-state index >= 15 is 0 Å². The molecule has 0 atom stereocenters. The highest BCUT2D eigenvalue weighted by Gasteiger charge is 2.49. The maximum absolute atomic E-state index is 14.5. The molecule has 558 valence electrons. The maximum Gasteiger partial charge on any atom is 0.351 e. The van der Waals surface area contributed by atoms with Crippen LogP contribution < -0.4 is 0 Å². The van der Waals surface area contributed by atoms with Gasteiger partial charge in [-0.1, -0.05) is 458 Å². The monoisotopic (exact) mass is 1330 g/mol. The lowest BCUT2D eigenvalue weighted by Crippen LogP contribution is -2.48. The highest BCUT2D eigenvalue weighted by Crippen LogP contribution is 2.28. The van der Waals surface area contributed by atoms with Gasteiger partial charge in [0.2, 0.25) is 5.60 Å². The summed E-state index contributed by atoms with van der Waals surface area (Å²) in [4.78, 5) is 56.1. The molecule has 0 radical (unpaired) electrons. The highest BCUT2D eigenvalue weighted by molar-refractivity contribution is 5.92. The van der Waals surface area contributed by atoms with E-state index in [1.165, 1.54) is 366 Å². The zero-order valence-corrected chi connectivity index (χ0v) is 64.2. The average molecular weight is 1330 g/mol. The Morgan fingerprint density at radius 3 is 0.543 bits per heavy atom. The number of unbranched alkanes of at least 4 members (excludes halogenated alkanes) is 67. The number of carbonyl (C=O) groups excluding carboxylic acids is 4. The molecule has 8 heteroatoms. The van der Waals surface area contributed by atoms with Gasteiger partial charge in [-0.3, -0.25) is 14.4 Å². The van der Waals surface area contributed by atoms with Crippen LogP contribution in [0.5, 0.6) is 0 Å². The molecule has 0 aliphatic rings.